The summed E-state index contributed by atoms with van der Waals surface area (Å²) in [6.07, 6.45) is 8.51. The van der Waals surface area contributed by atoms with Gasteiger partial charge >= 0.3 is 0 Å². The lowest BCUT2D eigenvalue weighted by atomic mass is 9.49. The molecule has 1 aromatic rings. The van der Waals surface area contributed by atoms with Crippen molar-refractivity contribution in [2.24, 2.45) is 17.8 Å². The Bertz CT molecular complexity index is 416. The zero-order chi connectivity index (χ0) is 12.2. The van der Waals surface area contributed by atoms with Crippen LogP contribution in [0.1, 0.15) is 50.0 Å². The van der Waals surface area contributed by atoms with Gasteiger partial charge in [0, 0.05) is 18.0 Å². The molecule has 1 N–H and O–H groups in total. The van der Waals surface area contributed by atoms with Gasteiger partial charge in [0.15, 0.2) is 0 Å². The van der Waals surface area contributed by atoms with Crippen LogP contribution in [0.3, 0.4) is 0 Å². The Balaban J connectivity index is 1.66. The van der Waals surface area contributed by atoms with Gasteiger partial charge in [0.2, 0.25) is 0 Å². The maximum Gasteiger partial charge on any atom is 0.143 e. The van der Waals surface area contributed by atoms with E-state index in [4.69, 9.17) is 4.52 Å². The molecule has 4 aliphatic carbocycles. The summed E-state index contributed by atoms with van der Waals surface area (Å²) in [7, 11) is 1.96. The molecule has 3 nitrogen and oxygen atoms in total. The van der Waals surface area contributed by atoms with Crippen LogP contribution in [0.4, 0.5) is 0 Å². The van der Waals surface area contributed by atoms with Crippen molar-refractivity contribution in [2.75, 3.05) is 7.05 Å². The fourth-order valence-electron chi connectivity index (χ4n) is 5.24. The molecule has 4 saturated carbocycles. The van der Waals surface area contributed by atoms with E-state index in [1.807, 2.05) is 7.05 Å². The van der Waals surface area contributed by atoms with E-state index >= 15 is 0 Å². The molecule has 5 rings (SSSR count). The van der Waals surface area contributed by atoms with Gasteiger partial charge in [-0.1, -0.05) is 5.16 Å². The highest BCUT2D eigenvalue weighted by molar-refractivity contribution is 5.22. The highest BCUT2D eigenvalue weighted by Gasteiger charge is 2.53. The fraction of sp³-hybridized carbons (Fsp3) is 0.800. The predicted molar refractivity (Wildman–Crippen MR) is 69.1 cm³/mol. The third-order valence-electron chi connectivity index (χ3n) is 5.48. The second-order valence-electron chi connectivity index (χ2n) is 6.91. The summed E-state index contributed by atoms with van der Waals surface area (Å²) < 4.78 is 5.71. The average Bonchev–Trinajstić information content (AvgIpc) is 2.77. The van der Waals surface area contributed by atoms with Crippen LogP contribution in [0.5, 0.6) is 0 Å². The first-order valence-corrected chi connectivity index (χ1v) is 7.38. The van der Waals surface area contributed by atoms with Gasteiger partial charge in [-0.3, -0.25) is 0 Å². The first-order valence-electron chi connectivity index (χ1n) is 7.38. The maximum absolute atomic E-state index is 5.71. The number of aromatic nitrogens is 1. The Hall–Kier alpha value is -0.830. The molecule has 0 unspecified atom stereocenters. The lowest BCUT2D eigenvalue weighted by Gasteiger charge is -2.55. The minimum atomic E-state index is 0.355. The van der Waals surface area contributed by atoms with E-state index < -0.39 is 0 Å². The van der Waals surface area contributed by atoms with Gasteiger partial charge in [0.25, 0.3) is 0 Å². The lowest BCUT2D eigenvalue weighted by molar-refractivity contribution is -0.0175. The molecule has 98 valence electrons. The van der Waals surface area contributed by atoms with Crippen molar-refractivity contribution in [2.45, 2.75) is 50.5 Å². The number of nitrogens with zero attached hydrogens (tertiary/aromatic N) is 1. The molecule has 0 aromatic carbocycles. The largest absolute Gasteiger partial charge is 0.361 e. The van der Waals surface area contributed by atoms with Crippen molar-refractivity contribution < 1.29 is 4.52 Å². The third kappa shape index (κ3) is 1.56. The second-order valence-corrected chi connectivity index (χ2v) is 6.91. The molecule has 0 amide bonds. The van der Waals surface area contributed by atoms with Gasteiger partial charge in [-0.25, -0.2) is 0 Å². The molecule has 4 aliphatic rings. The molecule has 0 atom stereocenters. The molecule has 1 aromatic heterocycles. The zero-order valence-corrected chi connectivity index (χ0v) is 11.1. The molecule has 4 bridgehead atoms. The molecule has 0 saturated heterocycles. The van der Waals surface area contributed by atoms with Gasteiger partial charge in [0.05, 0.1) is 5.69 Å². The SMILES string of the molecule is CNCc1cc(C23CC4CC(CC(C4)C2)C3)on1. The van der Waals surface area contributed by atoms with Crippen molar-refractivity contribution in [3.63, 3.8) is 0 Å². The normalized spacial score (nSPS) is 41.5. The first kappa shape index (κ1) is 11.0. The van der Waals surface area contributed by atoms with Crippen LogP contribution >= 0.6 is 0 Å². The van der Waals surface area contributed by atoms with E-state index in [-0.39, 0.29) is 0 Å². The molecule has 0 spiro atoms. The van der Waals surface area contributed by atoms with Crippen molar-refractivity contribution >= 4 is 0 Å². The lowest BCUT2D eigenvalue weighted by Crippen LogP contribution is -2.48. The van der Waals surface area contributed by atoms with Gasteiger partial charge < -0.3 is 9.84 Å². The molecule has 18 heavy (non-hydrogen) atoms. The quantitative estimate of drug-likeness (QED) is 0.891. The minimum Gasteiger partial charge on any atom is -0.361 e. The topological polar surface area (TPSA) is 38.1 Å². The standard InChI is InChI=1S/C15H22N2O/c1-16-9-13-5-14(18-17-13)15-6-10-2-11(7-15)4-12(3-10)8-15/h5,10-12,16H,2-4,6-9H2,1H3. The molecule has 1 heterocycles. The molecule has 3 heteroatoms. The molecular weight excluding hydrogens is 224 g/mol. The maximum atomic E-state index is 5.71. The van der Waals surface area contributed by atoms with Crippen molar-refractivity contribution in [1.82, 2.24) is 10.5 Å². The summed E-state index contributed by atoms with van der Waals surface area (Å²) in [6, 6.07) is 2.21. The summed E-state index contributed by atoms with van der Waals surface area (Å²) in [5.41, 5.74) is 1.41. The second kappa shape index (κ2) is 3.83. The Morgan fingerprint density at radius 3 is 2.39 bits per heavy atom. The van der Waals surface area contributed by atoms with E-state index in [0.29, 0.717) is 5.41 Å². The van der Waals surface area contributed by atoms with E-state index in [0.717, 1.165) is 30.0 Å². The average molecular weight is 246 g/mol. The van der Waals surface area contributed by atoms with Crippen LogP contribution in [0.15, 0.2) is 10.6 Å². The van der Waals surface area contributed by atoms with Gasteiger partial charge in [0.1, 0.15) is 5.76 Å². The predicted octanol–water partition coefficient (Wildman–Crippen LogP) is 2.86. The van der Waals surface area contributed by atoms with Crippen molar-refractivity contribution in [3.8, 4) is 0 Å². The monoisotopic (exact) mass is 246 g/mol. The van der Waals surface area contributed by atoms with E-state index in [1.165, 1.54) is 44.3 Å². The number of hydrogen-bond acceptors (Lipinski definition) is 3. The number of rotatable bonds is 3. The van der Waals surface area contributed by atoms with Crippen LogP contribution in [-0.4, -0.2) is 12.2 Å². The molecule has 4 fully saturated rings. The Morgan fingerprint density at radius 2 is 1.83 bits per heavy atom. The van der Waals surface area contributed by atoms with Crippen LogP contribution in [0, 0.1) is 17.8 Å². The molecule has 0 radical (unpaired) electrons. The smallest absolute Gasteiger partial charge is 0.143 e. The number of nitrogens with one attached hydrogen (secondary N) is 1. The molecular formula is C15H22N2O. The van der Waals surface area contributed by atoms with Crippen LogP contribution in [0.25, 0.3) is 0 Å². The highest BCUT2D eigenvalue weighted by atomic mass is 16.5. The van der Waals surface area contributed by atoms with Crippen molar-refractivity contribution in [3.05, 3.63) is 17.5 Å². The van der Waals surface area contributed by atoms with E-state index in [1.54, 1.807) is 0 Å². The number of hydrogen-bond donors (Lipinski definition) is 1. The molecule has 0 aliphatic heterocycles. The Labute approximate surface area is 108 Å². The summed E-state index contributed by atoms with van der Waals surface area (Å²) in [6.45, 7) is 0.815. The van der Waals surface area contributed by atoms with Crippen LogP contribution in [-0.2, 0) is 12.0 Å². The van der Waals surface area contributed by atoms with Gasteiger partial charge in [-0.05, 0) is 63.3 Å². The third-order valence-corrected chi connectivity index (χ3v) is 5.48. The summed E-state index contributed by atoms with van der Waals surface area (Å²) >= 11 is 0. The van der Waals surface area contributed by atoms with E-state index in [2.05, 4.69) is 16.5 Å². The van der Waals surface area contributed by atoms with Gasteiger partial charge in [-0.15, -0.1) is 0 Å². The zero-order valence-electron chi connectivity index (χ0n) is 11.1. The van der Waals surface area contributed by atoms with Gasteiger partial charge in [-0.2, -0.15) is 0 Å². The Kier molecular flexibility index (Phi) is 2.35. The Morgan fingerprint density at radius 1 is 1.22 bits per heavy atom. The summed E-state index contributed by atoms with van der Waals surface area (Å²) in [5.74, 6) is 4.09. The minimum absolute atomic E-state index is 0.355. The van der Waals surface area contributed by atoms with E-state index in [9.17, 15) is 0 Å². The van der Waals surface area contributed by atoms with Crippen LogP contribution in [0.2, 0.25) is 0 Å². The van der Waals surface area contributed by atoms with Crippen molar-refractivity contribution in [1.29, 1.82) is 0 Å². The van der Waals surface area contributed by atoms with Crippen LogP contribution < -0.4 is 5.32 Å². The summed E-state index contributed by atoms with van der Waals surface area (Å²) in [4.78, 5) is 0. The first-order chi connectivity index (χ1) is 8.77. The summed E-state index contributed by atoms with van der Waals surface area (Å²) in [5, 5.41) is 7.37. The fourth-order valence-corrected chi connectivity index (χ4v) is 5.24. The highest BCUT2D eigenvalue weighted by Crippen LogP contribution is 2.60.